The number of carbonyl (C=O) groups is 1. The lowest BCUT2D eigenvalue weighted by Crippen LogP contribution is -2.32. The Hall–Kier alpha value is -4.66. The largest absolute Gasteiger partial charge is 0.497 e. The molecule has 0 saturated heterocycles. The van der Waals surface area contributed by atoms with Crippen LogP contribution < -0.4 is 20.1 Å². The van der Waals surface area contributed by atoms with Gasteiger partial charge in [-0.25, -0.2) is 4.68 Å². The first-order valence-corrected chi connectivity index (χ1v) is 11.0. The zero-order valence-corrected chi connectivity index (χ0v) is 19.5. The number of benzene rings is 2. The summed E-state index contributed by atoms with van der Waals surface area (Å²) in [5.74, 6) is 2.00. The molecule has 9 nitrogen and oxygen atoms in total. The molecular weight excluding hydrogens is 444 g/mol. The molecule has 1 atom stereocenters. The number of nitrogens with zero attached hydrogens (tertiary/aromatic N) is 4. The Morgan fingerprint density at radius 3 is 2.63 bits per heavy atom. The molecule has 1 amide bonds. The second kappa shape index (κ2) is 9.30. The zero-order valence-electron chi connectivity index (χ0n) is 19.5. The number of carbonyl (C=O) groups excluding carboxylic acids is 1. The van der Waals surface area contributed by atoms with E-state index in [2.05, 4.69) is 15.6 Å². The summed E-state index contributed by atoms with van der Waals surface area (Å²) in [4.78, 5) is 22.9. The third-order valence-corrected chi connectivity index (χ3v) is 5.75. The van der Waals surface area contributed by atoms with Crippen LogP contribution in [-0.2, 0) is 4.79 Å². The number of rotatable bonds is 6. The van der Waals surface area contributed by atoms with E-state index in [0.717, 1.165) is 5.56 Å². The number of methoxy groups -OCH3 is 2. The molecule has 176 valence electrons. The van der Waals surface area contributed by atoms with Gasteiger partial charge < -0.3 is 20.1 Å². The van der Waals surface area contributed by atoms with Gasteiger partial charge >= 0.3 is 0 Å². The second-order valence-corrected chi connectivity index (χ2v) is 7.91. The van der Waals surface area contributed by atoms with Crippen molar-refractivity contribution in [3.8, 4) is 22.9 Å². The lowest BCUT2D eigenvalue weighted by atomic mass is 9.98. The maximum absolute atomic E-state index is 13.6. The Labute approximate surface area is 202 Å². The summed E-state index contributed by atoms with van der Waals surface area (Å²) in [5.41, 5.74) is 3.17. The fourth-order valence-corrected chi connectivity index (χ4v) is 4.08. The molecule has 5 rings (SSSR count). The van der Waals surface area contributed by atoms with Gasteiger partial charge in [-0.1, -0.05) is 30.3 Å². The van der Waals surface area contributed by atoms with Crippen LogP contribution in [0.25, 0.3) is 11.4 Å². The van der Waals surface area contributed by atoms with Gasteiger partial charge in [-0.3, -0.25) is 9.78 Å². The number of para-hydroxylation sites is 2. The molecule has 9 heteroatoms. The van der Waals surface area contributed by atoms with Gasteiger partial charge in [-0.05, 0) is 43.3 Å². The van der Waals surface area contributed by atoms with Gasteiger partial charge in [0, 0.05) is 17.5 Å². The van der Waals surface area contributed by atoms with E-state index in [4.69, 9.17) is 19.6 Å². The molecule has 0 saturated carbocycles. The number of amides is 1. The SMILES string of the molecule is COc1cccc(-c2nc3n(n2)C(c2ccccn2)C(C(=O)Nc2ccccc2OC)=C(C)N3)c1. The van der Waals surface area contributed by atoms with E-state index >= 15 is 0 Å². The number of hydrogen-bond acceptors (Lipinski definition) is 7. The number of hydrogen-bond donors (Lipinski definition) is 2. The Bertz CT molecular complexity index is 1410. The molecule has 1 unspecified atom stereocenters. The summed E-state index contributed by atoms with van der Waals surface area (Å²) in [5, 5.41) is 11.0. The van der Waals surface area contributed by atoms with Gasteiger partial charge in [0.1, 0.15) is 17.5 Å². The number of ether oxygens (including phenoxy) is 2. The highest BCUT2D eigenvalue weighted by Crippen LogP contribution is 2.37. The van der Waals surface area contributed by atoms with Crippen molar-refractivity contribution < 1.29 is 14.3 Å². The van der Waals surface area contributed by atoms with E-state index in [1.165, 1.54) is 0 Å². The highest BCUT2D eigenvalue weighted by atomic mass is 16.5. The first kappa shape index (κ1) is 22.1. The van der Waals surface area contributed by atoms with E-state index in [1.807, 2.05) is 61.5 Å². The molecule has 1 aliphatic rings. The smallest absolute Gasteiger partial charge is 0.256 e. The van der Waals surface area contributed by atoms with Crippen molar-refractivity contribution in [1.29, 1.82) is 0 Å². The average molecular weight is 469 g/mol. The van der Waals surface area contributed by atoms with Gasteiger partial charge in [0.15, 0.2) is 5.82 Å². The molecule has 2 aromatic heterocycles. The van der Waals surface area contributed by atoms with E-state index in [1.54, 1.807) is 37.2 Å². The van der Waals surface area contributed by atoms with Crippen LogP contribution in [0, 0.1) is 0 Å². The fraction of sp³-hybridized carbons (Fsp3) is 0.154. The molecule has 0 aliphatic carbocycles. The standard InChI is InChI=1S/C26H24N6O3/c1-16-22(25(33)29-19-11-4-5-13-21(19)35-3)23(20-12-6-7-14-27-20)32-26(28-16)30-24(31-32)17-9-8-10-18(15-17)34-2/h4-15,23H,1-3H3,(H,29,33)(H,28,30,31). The molecule has 3 heterocycles. The van der Waals surface area contributed by atoms with Crippen molar-refractivity contribution in [1.82, 2.24) is 19.7 Å². The van der Waals surface area contributed by atoms with Crippen molar-refractivity contribution in [2.24, 2.45) is 0 Å². The predicted molar refractivity (Wildman–Crippen MR) is 132 cm³/mol. The van der Waals surface area contributed by atoms with Gasteiger partial charge in [-0.2, -0.15) is 4.98 Å². The van der Waals surface area contributed by atoms with Crippen molar-refractivity contribution in [3.05, 3.63) is 89.9 Å². The van der Waals surface area contributed by atoms with Crippen molar-refractivity contribution in [2.45, 2.75) is 13.0 Å². The summed E-state index contributed by atoms with van der Waals surface area (Å²) < 4.78 is 12.4. The molecular formula is C26H24N6O3. The summed E-state index contributed by atoms with van der Waals surface area (Å²) >= 11 is 0. The van der Waals surface area contributed by atoms with Gasteiger partial charge in [0.25, 0.3) is 5.91 Å². The summed E-state index contributed by atoms with van der Waals surface area (Å²) in [6.07, 6.45) is 1.70. The van der Waals surface area contributed by atoms with Gasteiger partial charge in [0.2, 0.25) is 5.95 Å². The van der Waals surface area contributed by atoms with Crippen LogP contribution in [-0.4, -0.2) is 39.9 Å². The maximum atomic E-state index is 13.6. The van der Waals surface area contributed by atoms with Crippen LogP contribution in [0.15, 0.2) is 84.2 Å². The summed E-state index contributed by atoms with van der Waals surface area (Å²) in [6, 6.07) is 19.8. The molecule has 2 N–H and O–H groups in total. The Kier molecular flexibility index (Phi) is 5.88. The highest BCUT2D eigenvalue weighted by Gasteiger charge is 2.35. The van der Waals surface area contributed by atoms with Crippen molar-refractivity contribution in [3.63, 3.8) is 0 Å². The Morgan fingerprint density at radius 1 is 1.03 bits per heavy atom. The molecule has 4 aromatic rings. The zero-order chi connectivity index (χ0) is 24.4. The van der Waals surface area contributed by atoms with Crippen LogP contribution in [0.5, 0.6) is 11.5 Å². The van der Waals surface area contributed by atoms with Gasteiger partial charge in [0.05, 0.1) is 31.2 Å². The van der Waals surface area contributed by atoms with Crippen LogP contribution in [0.3, 0.4) is 0 Å². The Balaban J connectivity index is 1.58. The minimum atomic E-state index is -0.589. The maximum Gasteiger partial charge on any atom is 0.256 e. The number of anilines is 2. The quantitative estimate of drug-likeness (QED) is 0.435. The number of nitrogens with one attached hydrogen (secondary N) is 2. The number of pyridine rings is 1. The predicted octanol–water partition coefficient (Wildman–Crippen LogP) is 4.28. The monoisotopic (exact) mass is 468 g/mol. The van der Waals surface area contributed by atoms with Crippen LogP contribution in [0.2, 0.25) is 0 Å². The highest BCUT2D eigenvalue weighted by molar-refractivity contribution is 6.06. The van der Waals surface area contributed by atoms with Crippen molar-refractivity contribution >= 4 is 17.5 Å². The average Bonchev–Trinajstić information content (AvgIpc) is 3.32. The normalized spacial score (nSPS) is 14.7. The van der Waals surface area contributed by atoms with Gasteiger partial charge in [-0.15, -0.1) is 5.10 Å². The molecule has 0 bridgehead atoms. The number of allylic oxidation sites excluding steroid dienone is 1. The lowest BCUT2D eigenvalue weighted by molar-refractivity contribution is -0.113. The second-order valence-electron chi connectivity index (χ2n) is 7.91. The van der Waals surface area contributed by atoms with Crippen LogP contribution in [0.4, 0.5) is 11.6 Å². The van der Waals surface area contributed by atoms with E-state index in [0.29, 0.717) is 45.9 Å². The fourth-order valence-electron chi connectivity index (χ4n) is 4.08. The van der Waals surface area contributed by atoms with Crippen LogP contribution >= 0.6 is 0 Å². The summed E-state index contributed by atoms with van der Waals surface area (Å²) in [7, 11) is 3.18. The minimum absolute atomic E-state index is 0.292. The van der Waals surface area contributed by atoms with E-state index in [9.17, 15) is 4.79 Å². The molecule has 0 spiro atoms. The first-order chi connectivity index (χ1) is 17.1. The van der Waals surface area contributed by atoms with Crippen molar-refractivity contribution in [2.75, 3.05) is 24.9 Å². The van der Waals surface area contributed by atoms with Crippen LogP contribution in [0.1, 0.15) is 18.7 Å². The molecule has 35 heavy (non-hydrogen) atoms. The first-order valence-electron chi connectivity index (χ1n) is 11.0. The summed E-state index contributed by atoms with van der Waals surface area (Å²) in [6.45, 7) is 1.84. The molecule has 1 aliphatic heterocycles. The molecule has 0 fully saturated rings. The van der Waals surface area contributed by atoms with E-state index in [-0.39, 0.29) is 5.91 Å². The third kappa shape index (κ3) is 4.19. The minimum Gasteiger partial charge on any atom is -0.497 e. The number of fused-ring (bicyclic) bond motifs is 1. The molecule has 2 aromatic carbocycles. The Morgan fingerprint density at radius 2 is 1.86 bits per heavy atom. The lowest BCUT2D eigenvalue weighted by Gasteiger charge is -2.28. The third-order valence-electron chi connectivity index (χ3n) is 5.75. The topological polar surface area (TPSA) is 103 Å². The molecule has 0 radical (unpaired) electrons. The number of aromatic nitrogens is 4. The van der Waals surface area contributed by atoms with E-state index < -0.39 is 6.04 Å².